The van der Waals surface area contributed by atoms with Crippen LogP contribution >= 0.6 is 0 Å². The van der Waals surface area contributed by atoms with Crippen LogP contribution < -0.4 is 5.73 Å². The van der Waals surface area contributed by atoms with E-state index in [2.05, 4.69) is 0 Å². The lowest BCUT2D eigenvalue weighted by atomic mass is 9.80. The molecule has 1 aromatic carbocycles. The van der Waals surface area contributed by atoms with Gasteiger partial charge in [0.15, 0.2) is 0 Å². The zero-order chi connectivity index (χ0) is 16.5. The van der Waals surface area contributed by atoms with Gasteiger partial charge in [0.2, 0.25) is 0 Å². The van der Waals surface area contributed by atoms with Crippen LogP contribution in [0.2, 0.25) is 0 Å². The highest BCUT2D eigenvalue weighted by Gasteiger charge is 2.39. The average molecular weight is 325 g/mol. The van der Waals surface area contributed by atoms with E-state index in [0.717, 1.165) is 19.3 Å². The Bertz CT molecular complexity index is 514. The third-order valence-corrected chi connectivity index (χ3v) is 4.20. The Morgan fingerprint density at radius 2 is 1.50 bits per heavy atom. The summed E-state index contributed by atoms with van der Waals surface area (Å²) in [6, 6.07) is 0.474. The van der Waals surface area contributed by atoms with E-state index in [1.54, 1.807) is 0 Å². The van der Waals surface area contributed by atoms with Crippen molar-refractivity contribution < 1.29 is 26.3 Å². The molecule has 2 N–H and O–H groups in total. The zero-order valence-electron chi connectivity index (χ0n) is 11.8. The van der Waals surface area contributed by atoms with Crippen molar-refractivity contribution in [1.29, 1.82) is 0 Å². The van der Waals surface area contributed by atoms with Gasteiger partial charge in [-0.2, -0.15) is 26.3 Å². The van der Waals surface area contributed by atoms with Gasteiger partial charge in [0.05, 0.1) is 11.1 Å². The van der Waals surface area contributed by atoms with E-state index in [1.807, 2.05) is 0 Å². The predicted molar refractivity (Wildman–Crippen MR) is 69.9 cm³/mol. The molecule has 22 heavy (non-hydrogen) atoms. The molecule has 0 saturated heterocycles. The Labute approximate surface area is 124 Å². The SMILES string of the molecule is N[C@H](c1cc(C(F)(F)F)ccc1C(F)(F)F)C1CCCCC1. The molecule has 1 nitrogen and oxygen atoms in total. The van der Waals surface area contributed by atoms with Crippen LogP contribution in [0.25, 0.3) is 0 Å². The summed E-state index contributed by atoms with van der Waals surface area (Å²) in [7, 11) is 0. The van der Waals surface area contributed by atoms with Crippen molar-refractivity contribution in [1.82, 2.24) is 0 Å². The maximum Gasteiger partial charge on any atom is 0.416 e. The van der Waals surface area contributed by atoms with Gasteiger partial charge in [-0.1, -0.05) is 19.3 Å². The molecule has 0 aliphatic heterocycles. The van der Waals surface area contributed by atoms with Crippen molar-refractivity contribution in [2.24, 2.45) is 11.7 Å². The minimum Gasteiger partial charge on any atom is -0.324 e. The van der Waals surface area contributed by atoms with E-state index in [1.165, 1.54) is 0 Å². The third-order valence-electron chi connectivity index (χ3n) is 4.20. The molecule has 0 bridgehead atoms. The highest BCUT2D eigenvalue weighted by atomic mass is 19.4. The lowest BCUT2D eigenvalue weighted by molar-refractivity contribution is -0.142. The quantitative estimate of drug-likeness (QED) is 0.733. The van der Waals surface area contributed by atoms with Gasteiger partial charge in [-0.15, -0.1) is 0 Å². The van der Waals surface area contributed by atoms with Gasteiger partial charge >= 0.3 is 12.4 Å². The highest BCUT2D eigenvalue weighted by molar-refractivity contribution is 5.37. The van der Waals surface area contributed by atoms with Crippen molar-refractivity contribution in [3.8, 4) is 0 Å². The Morgan fingerprint density at radius 3 is 2.00 bits per heavy atom. The molecule has 1 aliphatic rings. The molecule has 0 unspecified atom stereocenters. The Morgan fingerprint density at radius 1 is 0.909 bits per heavy atom. The normalized spacial score (nSPS) is 19.2. The number of nitrogens with two attached hydrogens (primary N) is 1. The lowest BCUT2D eigenvalue weighted by Gasteiger charge is -2.30. The van der Waals surface area contributed by atoms with Crippen molar-refractivity contribution in [3.05, 3.63) is 34.9 Å². The first-order valence-corrected chi connectivity index (χ1v) is 7.14. The van der Waals surface area contributed by atoms with Gasteiger partial charge in [0, 0.05) is 6.04 Å². The number of hydrogen-bond donors (Lipinski definition) is 1. The van der Waals surface area contributed by atoms with Crippen molar-refractivity contribution >= 4 is 0 Å². The van der Waals surface area contributed by atoms with Gasteiger partial charge in [-0.25, -0.2) is 0 Å². The fraction of sp³-hybridized carbons (Fsp3) is 0.600. The lowest BCUT2D eigenvalue weighted by Crippen LogP contribution is -2.27. The van der Waals surface area contributed by atoms with Crippen LogP contribution in [0.1, 0.15) is 54.8 Å². The smallest absolute Gasteiger partial charge is 0.324 e. The molecule has 124 valence electrons. The van der Waals surface area contributed by atoms with Crippen molar-refractivity contribution in [2.75, 3.05) is 0 Å². The molecule has 0 amide bonds. The Hall–Kier alpha value is -1.24. The summed E-state index contributed by atoms with van der Waals surface area (Å²) in [5.41, 5.74) is 3.30. The topological polar surface area (TPSA) is 26.0 Å². The second kappa shape index (κ2) is 6.10. The molecule has 0 radical (unpaired) electrons. The molecule has 1 atom stereocenters. The van der Waals surface area contributed by atoms with Gasteiger partial charge < -0.3 is 5.73 Å². The average Bonchev–Trinajstić information content (AvgIpc) is 2.45. The van der Waals surface area contributed by atoms with Crippen LogP contribution in [0, 0.1) is 5.92 Å². The number of hydrogen-bond acceptors (Lipinski definition) is 1. The number of benzene rings is 1. The first kappa shape index (κ1) is 17.1. The number of rotatable bonds is 2. The first-order chi connectivity index (χ1) is 10.1. The van der Waals surface area contributed by atoms with Crippen LogP contribution in [0.15, 0.2) is 18.2 Å². The predicted octanol–water partition coefficient (Wildman–Crippen LogP) is 5.30. The van der Waals surface area contributed by atoms with E-state index >= 15 is 0 Å². The largest absolute Gasteiger partial charge is 0.416 e. The second-order valence-electron chi connectivity index (χ2n) is 5.72. The van der Waals surface area contributed by atoms with Crippen LogP contribution in [-0.2, 0) is 12.4 Å². The maximum atomic E-state index is 13.1. The molecular weight excluding hydrogens is 308 g/mol. The fourth-order valence-electron chi connectivity index (χ4n) is 3.02. The molecule has 1 fully saturated rings. The van der Waals surface area contributed by atoms with Crippen LogP contribution in [-0.4, -0.2) is 0 Å². The summed E-state index contributed by atoms with van der Waals surface area (Å²) in [5, 5.41) is 0. The number of alkyl halides is 6. The van der Waals surface area contributed by atoms with E-state index in [0.29, 0.717) is 31.0 Å². The highest BCUT2D eigenvalue weighted by Crippen LogP contribution is 2.42. The molecule has 1 aliphatic carbocycles. The summed E-state index contributed by atoms with van der Waals surface area (Å²) in [6.07, 6.45) is -5.43. The minimum atomic E-state index is -4.72. The Balaban J connectivity index is 2.44. The van der Waals surface area contributed by atoms with Gasteiger partial charge in [-0.3, -0.25) is 0 Å². The van der Waals surface area contributed by atoms with Gasteiger partial charge in [0.1, 0.15) is 0 Å². The molecule has 7 heteroatoms. The van der Waals surface area contributed by atoms with Crippen molar-refractivity contribution in [2.45, 2.75) is 50.5 Å². The molecule has 0 heterocycles. The molecule has 0 aromatic heterocycles. The summed E-state index contributed by atoms with van der Waals surface area (Å²) in [4.78, 5) is 0. The fourth-order valence-corrected chi connectivity index (χ4v) is 3.02. The molecule has 2 rings (SSSR count). The standard InChI is InChI=1S/C15H17F6N/c16-14(17,18)10-6-7-12(15(19,20)21)11(8-10)13(22)9-4-2-1-3-5-9/h6-9,13H,1-5,22H2/t13-/m0/s1. The second-order valence-corrected chi connectivity index (χ2v) is 5.72. The Kier molecular flexibility index (Phi) is 4.75. The summed E-state index contributed by atoms with van der Waals surface area (Å²) >= 11 is 0. The van der Waals surface area contributed by atoms with Crippen LogP contribution in [0.3, 0.4) is 0 Å². The maximum absolute atomic E-state index is 13.1. The summed E-state index contributed by atoms with van der Waals surface area (Å²) < 4.78 is 77.5. The summed E-state index contributed by atoms with van der Waals surface area (Å²) in [6.45, 7) is 0. The van der Waals surface area contributed by atoms with E-state index in [9.17, 15) is 26.3 Å². The molecule has 1 aromatic rings. The van der Waals surface area contributed by atoms with Gasteiger partial charge in [0.25, 0.3) is 0 Å². The van der Waals surface area contributed by atoms with Crippen molar-refractivity contribution in [3.63, 3.8) is 0 Å². The van der Waals surface area contributed by atoms with Gasteiger partial charge in [-0.05, 0) is 42.5 Å². The monoisotopic (exact) mass is 325 g/mol. The first-order valence-electron chi connectivity index (χ1n) is 7.14. The van der Waals surface area contributed by atoms with E-state index in [4.69, 9.17) is 5.73 Å². The molecular formula is C15H17F6N. The molecule has 1 saturated carbocycles. The molecule has 0 spiro atoms. The van der Waals surface area contributed by atoms with E-state index < -0.39 is 35.1 Å². The minimum absolute atomic E-state index is 0.210. The summed E-state index contributed by atoms with van der Waals surface area (Å²) in [5.74, 6) is -0.210. The van der Waals surface area contributed by atoms with E-state index in [-0.39, 0.29) is 5.92 Å². The third kappa shape index (κ3) is 3.74. The van der Waals surface area contributed by atoms with Crippen LogP contribution in [0.5, 0.6) is 0 Å². The zero-order valence-corrected chi connectivity index (χ0v) is 11.8. The van der Waals surface area contributed by atoms with Crippen LogP contribution in [0.4, 0.5) is 26.3 Å². The number of halogens is 6.